The SMILES string of the molecule is O=C1NC(CSC2CCOCC2)NC2CC(Nc3cccnc3)CCC12. The molecule has 4 atom stereocenters. The van der Waals surface area contributed by atoms with Gasteiger partial charge in [0, 0.05) is 48.7 Å². The Morgan fingerprint density at radius 1 is 1.27 bits per heavy atom. The number of ether oxygens (including phenoxy) is 1. The van der Waals surface area contributed by atoms with Crippen molar-refractivity contribution >= 4 is 23.4 Å². The maximum Gasteiger partial charge on any atom is 0.225 e. The maximum atomic E-state index is 12.5. The quantitative estimate of drug-likeness (QED) is 0.730. The summed E-state index contributed by atoms with van der Waals surface area (Å²) in [6, 6.07) is 4.65. The topological polar surface area (TPSA) is 75.3 Å². The van der Waals surface area contributed by atoms with Gasteiger partial charge in [0.05, 0.1) is 17.8 Å². The van der Waals surface area contributed by atoms with Gasteiger partial charge in [-0.2, -0.15) is 11.8 Å². The van der Waals surface area contributed by atoms with Crippen LogP contribution in [0.1, 0.15) is 32.1 Å². The fourth-order valence-corrected chi connectivity index (χ4v) is 5.40. The second kappa shape index (κ2) is 8.59. The molecule has 4 unspecified atom stereocenters. The van der Waals surface area contributed by atoms with Crippen molar-refractivity contribution in [3.8, 4) is 0 Å². The first-order valence-electron chi connectivity index (χ1n) is 9.70. The van der Waals surface area contributed by atoms with Crippen LogP contribution in [0.2, 0.25) is 0 Å². The van der Waals surface area contributed by atoms with E-state index in [1.54, 1.807) is 6.20 Å². The average Bonchev–Trinajstić information content (AvgIpc) is 2.68. The number of pyridine rings is 1. The van der Waals surface area contributed by atoms with Crippen LogP contribution in [0.4, 0.5) is 5.69 Å². The summed E-state index contributed by atoms with van der Waals surface area (Å²) in [5.41, 5.74) is 1.06. The van der Waals surface area contributed by atoms with E-state index in [1.807, 2.05) is 30.1 Å². The third-order valence-electron chi connectivity index (χ3n) is 5.62. The Bertz CT molecular complexity index is 596. The van der Waals surface area contributed by atoms with Gasteiger partial charge in [0.2, 0.25) is 5.91 Å². The third kappa shape index (κ3) is 4.50. The van der Waals surface area contributed by atoms with Crippen LogP contribution in [0, 0.1) is 5.92 Å². The van der Waals surface area contributed by atoms with Crippen molar-refractivity contribution in [3.05, 3.63) is 24.5 Å². The van der Waals surface area contributed by atoms with Gasteiger partial charge in [-0.15, -0.1) is 0 Å². The summed E-state index contributed by atoms with van der Waals surface area (Å²) >= 11 is 1.97. The zero-order valence-corrected chi connectivity index (χ0v) is 15.8. The van der Waals surface area contributed by atoms with Crippen molar-refractivity contribution in [3.63, 3.8) is 0 Å². The van der Waals surface area contributed by atoms with Crippen LogP contribution in [0.3, 0.4) is 0 Å². The monoisotopic (exact) mass is 376 g/mol. The second-order valence-corrected chi connectivity index (χ2v) is 8.82. The minimum absolute atomic E-state index is 0.0775. The van der Waals surface area contributed by atoms with Crippen LogP contribution in [0.5, 0.6) is 0 Å². The smallest absolute Gasteiger partial charge is 0.225 e. The molecule has 142 valence electrons. The molecule has 3 N–H and O–H groups in total. The van der Waals surface area contributed by atoms with E-state index in [2.05, 4.69) is 20.9 Å². The minimum atomic E-state index is 0.0775. The number of fused-ring (bicyclic) bond motifs is 1. The highest BCUT2D eigenvalue weighted by Crippen LogP contribution is 2.30. The Balaban J connectivity index is 1.30. The molecule has 0 radical (unpaired) electrons. The molecule has 3 heterocycles. The normalized spacial score (nSPS) is 32.5. The molecule has 0 bridgehead atoms. The molecule has 2 saturated heterocycles. The summed E-state index contributed by atoms with van der Waals surface area (Å²) in [6.07, 6.45) is 8.90. The number of carbonyl (C=O) groups excluding carboxylic acids is 1. The minimum Gasteiger partial charge on any atom is -0.381 e. The van der Waals surface area contributed by atoms with Crippen LogP contribution in [0.25, 0.3) is 0 Å². The summed E-state index contributed by atoms with van der Waals surface area (Å²) in [6.45, 7) is 1.74. The molecule has 7 heteroatoms. The standard InChI is InChI=1S/C19H28N4O2S/c24-19-16-4-3-13(21-14-2-1-7-20-11-14)10-17(16)22-18(23-19)12-26-15-5-8-25-9-6-15/h1-2,7,11,13,15-18,21-22H,3-6,8-10,12H2,(H,23,24). The maximum absolute atomic E-state index is 12.5. The zero-order valence-electron chi connectivity index (χ0n) is 15.0. The lowest BCUT2D eigenvalue weighted by atomic mass is 9.79. The number of anilines is 1. The van der Waals surface area contributed by atoms with Crippen molar-refractivity contribution in [2.24, 2.45) is 5.92 Å². The zero-order chi connectivity index (χ0) is 17.8. The van der Waals surface area contributed by atoms with E-state index >= 15 is 0 Å². The molecule has 1 amide bonds. The summed E-state index contributed by atoms with van der Waals surface area (Å²) < 4.78 is 5.43. The van der Waals surface area contributed by atoms with Crippen molar-refractivity contribution in [2.45, 2.75) is 55.6 Å². The summed E-state index contributed by atoms with van der Waals surface area (Å²) in [5.74, 6) is 1.26. The van der Waals surface area contributed by atoms with Crippen LogP contribution in [-0.2, 0) is 9.53 Å². The van der Waals surface area contributed by atoms with Crippen LogP contribution in [-0.4, -0.2) is 53.4 Å². The summed E-state index contributed by atoms with van der Waals surface area (Å²) in [7, 11) is 0. The van der Waals surface area contributed by atoms with E-state index in [0.29, 0.717) is 11.3 Å². The molecular weight excluding hydrogens is 348 g/mol. The second-order valence-electron chi connectivity index (χ2n) is 7.48. The molecule has 0 aromatic carbocycles. The molecule has 26 heavy (non-hydrogen) atoms. The van der Waals surface area contributed by atoms with Gasteiger partial charge in [0.15, 0.2) is 0 Å². The van der Waals surface area contributed by atoms with E-state index in [1.165, 1.54) is 0 Å². The summed E-state index contributed by atoms with van der Waals surface area (Å²) in [5, 5.41) is 11.1. The largest absolute Gasteiger partial charge is 0.381 e. The number of rotatable bonds is 5. The summed E-state index contributed by atoms with van der Waals surface area (Å²) in [4.78, 5) is 16.7. The molecule has 2 aliphatic heterocycles. The average molecular weight is 377 g/mol. The number of aromatic nitrogens is 1. The van der Waals surface area contributed by atoms with Crippen LogP contribution < -0.4 is 16.0 Å². The highest BCUT2D eigenvalue weighted by molar-refractivity contribution is 7.99. The van der Waals surface area contributed by atoms with Crippen molar-refractivity contribution < 1.29 is 9.53 Å². The van der Waals surface area contributed by atoms with Gasteiger partial charge in [-0.3, -0.25) is 15.1 Å². The van der Waals surface area contributed by atoms with Crippen LogP contribution >= 0.6 is 11.8 Å². The van der Waals surface area contributed by atoms with Crippen molar-refractivity contribution in [2.75, 3.05) is 24.3 Å². The van der Waals surface area contributed by atoms with Gasteiger partial charge in [-0.25, -0.2) is 0 Å². The van der Waals surface area contributed by atoms with E-state index < -0.39 is 0 Å². The fraction of sp³-hybridized carbons (Fsp3) is 0.684. The van der Waals surface area contributed by atoms with Crippen molar-refractivity contribution in [1.82, 2.24) is 15.6 Å². The Kier molecular flexibility index (Phi) is 5.97. The number of carbonyl (C=O) groups is 1. The number of thioether (sulfide) groups is 1. The molecule has 1 aromatic heterocycles. The molecule has 3 aliphatic rings. The molecule has 3 fully saturated rings. The molecule has 1 saturated carbocycles. The van der Waals surface area contributed by atoms with Gasteiger partial charge < -0.3 is 15.4 Å². The first-order valence-corrected chi connectivity index (χ1v) is 10.7. The first-order chi connectivity index (χ1) is 12.8. The lowest BCUT2D eigenvalue weighted by molar-refractivity contribution is -0.130. The number of nitrogens with zero attached hydrogens (tertiary/aromatic N) is 1. The molecule has 6 nitrogen and oxygen atoms in total. The number of hydrogen-bond donors (Lipinski definition) is 3. The Morgan fingerprint density at radius 2 is 2.15 bits per heavy atom. The first kappa shape index (κ1) is 18.1. The van der Waals surface area contributed by atoms with Gasteiger partial charge >= 0.3 is 0 Å². The highest BCUT2D eigenvalue weighted by Gasteiger charge is 2.40. The Labute approximate surface area is 159 Å². The Hall–Kier alpha value is -1.31. The lowest BCUT2D eigenvalue weighted by Crippen LogP contribution is -2.64. The van der Waals surface area contributed by atoms with Gasteiger partial charge in [-0.1, -0.05) is 0 Å². The number of hydrogen-bond acceptors (Lipinski definition) is 6. The molecule has 4 rings (SSSR count). The molecule has 1 aromatic rings. The molecule has 1 aliphatic carbocycles. The number of amides is 1. The van der Waals surface area contributed by atoms with E-state index in [-0.39, 0.29) is 24.0 Å². The lowest BCUT2D eigenvalue weighted by Gasteiger charge is -2.43. The number of nitrogens with one attached hydrogen (secondary N) is 3. The molecular formula is C19H28N4O2S. The van der Waals surface area contributed by atoms with Gasteiger partial charge in [-0.05, 0) is 44.2 Å². The Morgan fingerprint density at radius 3 is 2.96 bits per heavy atom. The molecule has 0 spiro atoms. The highest BCUT2D eigenvalue weighted by atomic mass is 32.2. The van der Waals surface area contributed by atoms with Gasteiger partial charge in [0.1, 0.15) is 0 Å². The third-order valence-corrected chi connectivity index (χ3v) is 7.09. The van der Waals surface area contributed by atoms with Crippen molar-refractivity contribution in [1.29, 1.82) is 0 Å². The predicted octanol–water partition coefficient (Wildman–Crippen LogP) is 1.99. The van der Waals surface area contributed by atoms with Gasteiger partial charge in [0.25, 0.3) is 0 Å². The predicted molar refractivity (Wildman–Crippen MR) is 104 cm³/mol. The van der Waals surface area contributed by atoms with E-state index in [9.17, 15) is 4.79 Å². The van der Waals surface area contributed by atoms with E-state index in [4.69, 9.17) is 4.74 Å². The van der Waals surface area contributed by atoms with E-state index in [0.717, 1.165) is 56.8 Å². The van der Waals surface area contributed by atoms with Crippen LogP contribution in [0.15, 0.2) is 24.5 Å². The fourth-order valence-electron chi connectivity index (χ4n) is 4.23.